The molecule has 0 N–H and O–H groups in total. The van der Waals surface area contributed by atoms with E-state index in [1.807, 2.05) is 11.3 Å². The Kier molecular flexibility index (Phi) is 9.88. The minimum atomic E-state index is 0.852. The smallest absolute Gasteiger partial charge is 0.143 e. The second kappa shape index (κ2) is 18.1. The van der Waals surface area contributed by atoms with Crippen molar-refractivity contribution in [1.82, 2.24) is 0 Å². The number of benzene rings is 16. The minimum absolute atomic E-state index is 0.852. The average molecular weight is 1140 g/mol. The van der Waals surface area contributed by atoms with Crippen LogP contribution in [-0.4, -0.2) is 0 Å². The van der Waals surface area contributed by atoms with Gasteiger partial charge in [-0.15, -0.1) is 11.3 Å². The molecule has 4 heteroatoms. The van der Waals surface area contributed by atoms with Crippen molar-refractivity contribution in [2.75, 3.05) is 0 Å². The zero-order valence-electron chi connectivity index (χ0n) is 47.2. The second-order valence-electron chi connectivity index (χ2n) is 23.7. The molecule has 0 radical (unpaired) electrons. The van der Waals surface area contributed by atoms with E-state index in [9.17, 15) is 0 Å². The van der Waals surface area contributed by atoms with Gasteiger partial charge in [0.05, 0.1) is 0 Å². The summed E-state index contributed by atoms with van der Waals surface area (Å²) >= 11 is 1.86. The number of fused-ring (bicyclic) bond motifs is 20. The summed E-state index contributed by atoms with van der Waals surface area (Å²) in [5, 5.41) is 23.4. The Labute approximate surface area is 506 Å². The fraction of sp³-hybridized carbons (Fsp3) is 0. The van der Waals surface area contributed by atoms with Gasteiger partial charge in [-0.05, 0) is 177 Å². The van der Waals surface area contributed by atoms with Crippen molar-refractivity contribution in [2.45, 2.75) is 0 Å². The summed E-state index contributed by atoms with van der Waals surface area (Å²) in [6, 6.07) is 102. The second-order valence-corrected chi connectivity index (χ2v) is 24.7. The van der Waals surface area contributed by atoms with Crippen molar-refractivity contribution in [1.29, 1.82) is 0 Å². The topological polar surface area (TPSA) is 39.4 Å². The van der Waals surface area contributed by atoms with Gasteiger partial charge in [-0.2, -0.15) is 0 Å². The molecule has 0 aliphatic heterocycles. The number of hydrogen-bond acceptors (Lipinski definition) is 4. The predicted molar refractivity (Wildman–Crippen MR) is 373 cm³/mol. The molecule has 0 spiro atoms. The highest BCUT2D eigenvalue weighted by Crippen LogP contribution is 2.50. The first-order valence-electron chi connectivity index (χ1n) is 30.1. The van der Waals surface area contributed by atoms with E-state index >= 15 is 0 Å². The van der Waals surface area contributed by atoms with Gasteiger partial charge in [0.25, 0.3) is 0 Å². The Balaban J connectivity index is 0.700. The van der Waals surface area contributed by atoms with Crippen molar-refractivity contribution in [2.24, 2.45) is 0 Å². The number of furan rings is 3. The lowest BCUT2D eigenvalue weighted by Gasteiger charge is -2.18. The molecule has 0 bridgehead atoms. The van der Waals surface area contributed by atoms with Crippen LogP contribution in [0.2, 0.25) is 0 Å². The number of rotatable bonds is 5. The van der Waals surface area contributed by atoms with Gasteiger partial charge >= 0.3 is 0 Å². The first kappa shape index (κ1) is 48.0. The minimum Gasteiger partial charge on any atom is -0.455 e. The summed E-state index contributed by atoms with van der Waals surface area (Å²) < 4.78 is 23.1. The molecule has 4 aromatic heterocycles. The molecule has 0 amide bonds. The maximum absolute atomic E-state index is 6.96. The van der Waals surface area contributed by atoms with Gasteiger partial charge in [-0.3, -0.25) is 0 Å². The molecule has 406 valence electrons. The Morgan fingerprint density at radius 2 is 0.534 bits per heavy atom. The first-order chi connectivity index (χ1) is 43.6. The Morgan fingerprint density at radius 3 is 1.05 bits per heavy atom. The standard InChI is InChI=1S/C84H46O3S/c1-2-15-54-47(14-1)30-36-66-70-44-51(33-39-74(70)85-82(54)66)79-59-19-5-3-17-57(59)78(58-18-4-6-20-60(58)79)50-32-38-73-69(43-50)65-26-13-25-55(83(65)86-73)49-29-28-48-31-37-67-71-45-52(34-40-75(71)87-84(67)68(48)42-49)80-61-21-7-9-23-63(61)81(64-24-10-8-22-62(64)80)53-35-41-77-72(46-53)56-16-11-12-27-76(56)88-77/h1-46H. The molecule has 4 heterocycles. The van der Waals surface area contributed by atoms with Gasteiger partial charge in [0.15, 0.2) is 0 Å². The molecular weight excluding hydrogens is 1090 g/mol. The molecule has 3 nitrogen and oxygen atoms in total. The predicted octanol–water partition coefficient (Wildman–Crippen LogP) is 25.0. The zero-order valence-corrected chi connectivity index (χ0v) is 48.0. The Morgan fingerprint density at radius 1 is 0.193 bits per heavy atom. The quantitative estimate of drug-likeness (QED) is 0.161. The van der Waals surface area contributed by atoms with E-state index in [2.05, 4.69) is 279 Å². The van der Waals surface area contributed by atoms with Crippen LogP contribution < -0.4 is 0 Å². The molecule has 0 saturated heterocycles. The van der Waals surface area contributed by atoms with E-state index in [-0.39, 0.29) is 0 Å². The molecule has 0 atom stereocenters. The number of thiophene rings is 1. The third-order valence-corrected chi connectivity index (χ3v) is 20.2. The average Bonchev–Trinajstić information content (AvgIpc) is 1.13. The van der Waals surface area contributed by atoms with Gasteiger partial charge in [-0.25, -0.2) is 0 Å². The Hall–Kier alpha value is -11.3. The summed E-state index contributed by atoms with van der Waals surface area (Å²) in [4.78, 5) is 0. The lowest BCUT2D eigenvalue weighted by Crippen LogP contribution is -1.90. The zero-order chi connectivity index (χ0) is 57.3. The third kappa shape index (κ3) is 6.83. The molecule has 0 fully saturated rings. The van der Waals surface area contributed by atoms with E-state index in [0.717, 1.165) is 110 Å². The highest BCUT2D eigenvalue weighted by atomic mass is 32.1. The fourth-order valence-corrected chi connectivity index (χ4v) is 16.2. The largest absolute Gasteiger partial charge is 0.455 e. The van der Waals surface area contributed by atoms with Gasteiger partial charge in [0.1, 0.15) is 33.5 Å². The maximum Gasteiger partial charge on any atom is 0.143 e. The molecule has 88 heavy (non-hydrogen) atoms. The fourth-order valence-electron chi connectivity index (χ4n) is 15.1. The van der Waals surface area contributed by atoms with Crippen LogP contribution in [-0.2, 0) is 0 Å². The molecular formula is C84H46O3S. The third-order valence-electron chi connectivity index (χ3n) is 19.0. The lowest BCUT2D eigenvalue weighted by atomic mass is 9.85. The van der Waals surface area contributed by atoms with E-state index in [0.29, 0.717) is 0 Å². The molecule has 0 unspecified atom stereocenters. The van der Waals surface area contributed by atoms with E-state index in [4.69, 9.17) is 13.3 Å². The van der Waals surface area contributed by atoms with Gasteiger partial charge in [-0.1, -0.05) is 206 Å². The summed E-state index contributed by atoms with van der Waals surface area (Å²) in [6.45, 7) is 0. The summed E-state index contributed by atoms with van der Waals surface area (Å²) in [5.74, 6) is 0. The molecule has 0 saturated carbocycles. The molecule has 20 rings (SSSR count). The van der Waals surface area contributed by atoms with Gasteiger partial charge < -0.3 is 13.3 Å². The van der Waals surface area contributed by atoms with E-state index in [1.54, 1.807) is 0 Å². The van der Waals surface area contributed by atoms with Crippen molar-refractivity contribution in [3.8, 4) is 55.6 Å². The Bertz CT molecular complexity index is 6330. The van der Waals surface area contributed by atoms with E-state index in [1.165, 1.54) is 96.5 Å². The van der Waals surface area contributed by atoms with Crippen molar-refractivity contribution in [3.05, 3.63) is 279 Å². The van der Waals surface area contributed by atoms with Crippen LogP contribution in [0.4, 0.5) is 0 Å². The van der Waals surface area contributed by atoms with E-state index < -0.39 is 0 Å². The van der Waals surface area contributed by atoms with Crippen molar-refractivity contribution < 1.29 is 13.3 Å². The van der Waals surface area contributed by atoms with Crippen molar-refractivity contribution in [3.63, 3.8) is 0 Å². The van der Waals surface area contributed by atoms with Crippen LogP contribution in [0.3, 0.4) is 0 Å². The van der Waals surface area contributed by atoms with Gasteiger partial charge in [0.2, 0.25) is 0 Å². The van der Waals surface area contributed by atoms with Crippen LogP contribution in [0.15, 0.2) is 292 Å². The molecule has 20 aromatic rings. The van der Waals surface area contributed by atoms with Crippen LogP contribution in [0.25, 0.3) is 206 Å². The van der Waals surface area contributed by atoms with Gasteiger partial charge in [0, 0.05) is 68.8 Å². The van der Waals surface area contributed by atoms with Crippen LogP contribution >= 0.6 is 11.3 Å². The lowest BCUT2D eigenvalue weighted by molar-refractivity contribution is 0.670. The monoisotopic (exact) mass is 1130 g/mol. The SMILES string of the molecule is c1ccc2c(c1)ccc1c3cc(-c4c5ccccc5c(-c5ccc6oc7c(-c8ccc9ccc%10c%11cc(-c%12c%13ccccc%13c(-c%13ccc%14sc%15ccccc%15c%14c%13)c%13ccccc%12%13)ccc%11oc%10c9c8)cccc7c6c5)c5ccccc45)ccc3oc21. The highest BCUT2D eigenvalue weighted by molar-refractivity contribution is 7.25. The first-order valence-corrected chi connectivity index (χ1v) is 30.9. The van der Waals surface area contributed by atoms with Crippen molar-refractivity contribution >= 4 is 162 Å². The molecule has 0 aliphatic rings. The summed E-state index contributed by atoms with van der Waals surface area (Å²) in [7, 11) is 0. The number of para-hydroxylation sites is 1. The molecule has 0 aliphatic carbocycles. The highest BCUT2D eigenvalue weighted by Gasteiger charge is 2.23. The number of hydrogen-bond donors (Lipinski definition) is 0. The van der Waals surface area contributed by atoms with Crippen LogP contribution in [0, 0.1) is 0 Å². The summed E-state index contributed by atoms with van der Waals surface area (Å²) in [6.07, 6.45) is 0. The summed E-state index contributed by atoms with van der Waals surface area (Å²) in [5.41, 5.74) is 17.0. The molecule has 16 aromatic carbocycles. The maximum atomic E-state index is 6.96. The van der Waals surface area contributed by atoms with Crippen LogP contribution in [0.1, 0.15) is 0 Å². The normalized spacial score (nSPS) is 12.3. The van der Waals surface area contributed by atoms with Crippen LogP contribution in [0.5, 0.6) is 0 Å².